The Bertz CT molecular complexity index is 348. The van der Waals surface area contributed by atoms with Crippen molar-refractivity contribution in [3.63, 3.8) is 0 Å². The number of hydrogen-bond acceptors (Lipinski definition) is 4. The van der Waals surface area contributed by atoms with Crippen LogP contribution in [0.1, 0.15) is 13.3 Å². The molecule has 5 nitrogen and oxygen atoms in total. The number of amides is 1. The Morgan fingerprint density at radius 2 is 2.27 bits per heavy atom. The van der Waals surface area contributed by atoms with Crippen molar-refractivity contribution in [2.45, 2.75) is 19.4 Å². The Kier molecular flexibility index (Phi) is 4.28. The second kappa shape index (κ2) is 5.27. The average Bonchev–Trinajstić information content (AvgIpc) is 2.46. The van der Waals surface area contributed by atoms with Crippen LogP contribution in [-0.2, 0) is 14.6 Å². The highest BCUT2D eigenvalue weighted by Crippen LogP contribution is 2.07. The molecule has 0 bridgehead atoms. The van der Waals surface area contributed by atoms with Gasteiger partial charge >= 0.3 is 0 Å². The molecule has 2 N–H and O–H groups in total. The average molecular weight is 232 g/mol. The third kappa shape index (κ3) is 4.44. The minimum absolute atomic E-state index is 0.0139. The van der Waals surface area contributed by atoms with Crippen LogP contribution in [0.5, 0.6) is 0 Å². The van der Waals surface area contributed by atoms with Crippen molar-refractivity contribution in [1.29, 1.82) is 0 Å². The highest BCUT2D eigenvalue weighted by molar-refractivity contribution is 7.94. The highest BCUT2D eigenvalue weighted by atomic mass is 32.2. The van der Waals surface area contributed by atoms with Gasteiger partial charge in [0.25, 0.3) is 0 Å². The molecule has 0 fully saturated rings. The smallest absolute Gasteiger partial charge is 0.221 e. The summed E-state index contributed by atoms with van der Waals surface area (Å²) in [7, 11) is -3.08. The predicted octanol–water partition coefficient (Wildman–Crippen LogP) is -0.587. The van der Waals surface area contributed by atoms with E-state index in [-0.39, 0.29) is 17.7 Å². The first-order valence-corrected chi connectivity index (χ1v) is 6.66. The van der Waals surface area contributed by atoms with E-state index in [0.717, 1.165) is 12.0 Å². The van der Waals surface area contributed by atoms with Gasteiger partial charge in [0.1, 0.15) is 0 Å². The maximum Gasteiger partial charge on any atom is 0.221 e. The lowest BCUT2D eigenvalue weighted by atomic mass is 10.3. The Morgan fingerprint density at radius 3 is 2.80 bits per heavy atom. The summed E-state index contributed by atoms with van der Waals surface area (Å²) in [5, 5.41) is 6.83. The molecule has 6 heteroatoms. The maximum atomic E-state index is 11.3. The van der Waals surface area contributed by atoms with Gasteiger partial charge in [-0.2, -0.15) is 0 Å². The molecular weight excluding hydrogens is 216 g/mol. The predicted molar refractivity (Wildman–Crippen MR) is 58.0 cm³/mol. The van der Waals surface area contributed by atoms with E-state index in [2.05, 4.69) is 10.6 Å². The van der Waals surface area contributed by atoms with Crippen molar-refractivity contribution in [1.82, 2.24) is 10.6 Å². The van der Waals surface area contributed by atoms with Gasteiger partial charge < -0.3 is 10.6 Å². The Hall–Kier alpha value is -0.880. The molecule has 1 aliphatic heterocycles. The molecule has 1 rings (SSSR count). The van der Waals surface area contributed by atoms with Crippen molar-refractivity contribution in [3.05, 3.63) is 11.5 Å². The second-order valence-electron chi connectivity index (χ2n) is 3.44. The number of sulfone groups is 1. The van der Waals surface area contributed by atoms with Gasteiger partial charge in [0.2, 0.25) is 5.91 Å². The fourth-order valence-corrected chi connectivity index (χ4v) is 2.56. The van der Waals surface area contributed by atoms with Crippen LogP contribution in [-0.4, -0.2) is 39.2 Å². The molecule has 1 unspecified atom stereocenters. The summed E-state index contributed by atoms with van der Waals surface area (Å²) < 4.78 is 22.1. The van der Waals surface area contributed by atoms with Crippen LogP contribution < -0.4 is 10.6 Å². The van der Waals surface area contributed by atoms with Crippen LogP contribution in [0, 0.1) is 0 Å². The van der Waals surface area contributed by atoms with Crippen LogP contribution in [0.2, 0.25) is 0 Å². The zero-order valence-electron chi connectivity index (χ0n) is 8.69. The molecule has 0 saturated carbocycles. The molecular formula is C9H16N2O3S. The summed E-state index contributed by atoms with van der Waals surface area (Å²) in [5.74, 6) is -0.136. The normalized spacial score (nSPS) is 22.9. The lowest BCUT2D eigenvalue weighted by Crippen LogP contribution is -2.36. The lowest BCUT2D eigenvalue weighted by molar-refractivity contribution is -0.121. The van der Waals surface area contributed by atoms with Crippen LogP contribution in [0.3, 0.4) is 0 Å². The third-order valence-corrected chi connectivity index (χ3v) is 3.45. The number of hydrogen-bond donors (Lipinski definition) is 2. The van der Waals surface area contributed by atoms with Crippen molar-refractivity contribution in [3.8, 4) is 0 Å². The summed E-state index contributed by atoms with van der Waals surface area (Å²) >= 11 is 0. The molecule has 86 valence electrons. The third-order valence-electron chi connectivity index (χ3n) is 2.06. The summed E-state index contributed by atoms with van der Waals surface area (Å²) in [6.45, 7) is 3.40. The minimum Gasteiger partial charge on any atom is -0.349 e. The van der Waals surface area contributed by atoms with Gasteiger partial charge in [0, 0.05) is 18.4 Å². The van der Waals surface area contributed by atoms with E-state index < -0.39 is 9.84 Å². The molecule has 1 atom stereocenters. The standard InChI is InChI=1S/C9H16N2O3S/c1-2-10-5-3-9(12)11-8-4-6-15(13,14)7-8/h4,6,8,10H,2-3,5,7H2,1H3,(H,11,12). The van der Waals surface area contributed by atoms with E-state index >= 15 is 0 Å². The monoisotopic (exact) mass is 232 g/mol. The van der Waals surface area contributed by atoms with Gasteiger partial charge in [-0.05, 0) is 12.6 Å². The van der Waals surface area contributed by atoms with E-state index in [9.17, 15) is 13.2 Å². The molecule has 0 radical (unpaired) electrons. The first-order valence-electron chi connectivity index (χ1n) is 4.94. The first-order chi connectivity index (χ1) is 7.03. The molecule has 0 saturated heterocycles. The summed E-state index contributed by atoms with van der Waals surface area (Å²) in [6, 6.07) is -0.357. The fraction of sp³-hybridized carbons (Fsp3) is 0.667. The molecule has 1 heterocycles. The van der Waals surface area contributed by atoms with E-state index in [0.29, 0.717) is 13.0 Å². The van der Waals surface area contributed by atoms with Crippen LogP contribution in [0.4, 0.5) is 0 Å². The first kappa shape index (κ1) is 12.2. The van der Waals surface area contributed by atoms with Crippen LogP contribution in [0.15, 0.2) is 11.5 Å². The van der Waals surface area contributed by atoms with Crippen LogP contribution >= 0.6 is 0 Å². The Balaban J connectivity index is 2.26. The lowest BCUT2D eigenvalue weighted by Gasteiger charge is -2.09. The van der Waals surface area contributed by atoms with E-state index in [4.69, 9.17) is 0 Å². The topological polar surface area (TPSA) is 75.3 Å². The van der Waals surface area contributed by atoms with E-state index in [1.54, 1.807) is 0 Å². The number of nitrogens with one attached hydrogen (secondary N) is 2. The SMILES string of the molecule is CCNCCC(=O)NC1C=CS(=O)(=O)C1. The Morgan fingerprint density at radius 1 is 1.53 bits per heavy atom. The summed E-state index contributed by atoms with van der Waals surface area (Å²) in [4.78, 5) is 11.3. The molecule has 0 aromatic carbocycles. The van der Waals surface area contributed by atoms with Crippen molar-refractivity contribution < 1.29 is 13.2 Å². The molecule has 15 heavy (non-hydrogen) atoms. The maximum absolute atomic E-state index is 11.3. The van der Waals surface area contributed by atoms with Crippen molar-refractivity contribution in [2.75, 3.05) is 18.8 Å². The largest absolute Gasteiger partial charge is 0.349 e. The molecule has 0 aliphatic carbocycles. The van der Waals surface area contributed by atoms with E-state index in [1.165, 1.54) is 6.08 Å². The highest BCUT2D eigenvalue weighted by Gasteiger charge is 2.22. The van der Waals surface area contributed by atoms with Crippen molar-refractivity contribution in [2.24, 2.45) is 0 Å². The van der Waals surface area contributed by atoms with Gasteiger partial charge in [0.05, 0.1) is 11.8 Å². The summed E-state index contributed by atoms with van der Waals surface area (Å²) in [6.07, 6.45) is 1.89. The van der Waals surface area contributed by atoms with Crippen LogP contribution in [0.25, 0.3) is 0 Å². The summed E-state index contributed by atoms with van der Waals surface area (Å²) in [5.41, 5.74) is 0. The van der Waals surface area contributed by atoms with Crippen molar-refractivity contribution >= 4 is 15.7 Å². The molecule has 0 aromatic heterocycles. The minimum atomic E-state index is -3.08. The molecule has 0 aromatic rings. The van der Waals surface area contributed by atoms with Gasteiger partial charge in [-0.1, -0.05) is 6.92 Å². The second-order valence-corrected chi connectivity index (χ2v) is 5.37. The fourth-order valence-electron chi connectivity index (χ4n) is 1.32. The zero-order valence-corrected chi connectivity index (χ0v) is 9.51. The molecule has 1 amide bonds. The van der Waals surface area contributed by atoms with Gasteiger partial charge in [0.15, 0.2) is 9.84 Å². The number of carbonyl (C=O) groups is 1. The number of rotatable bonds is 5. The Labute approximate surface area is 89.8 Å². The quantitative estimate of drug-likeness (QED) is 0.621. The van der Waals surface area contributed by atoms with Gasteiger partial charge in [-0.15, -0.1) is 0 Å². The zero-order chi connectivity index (χ0) is 11.3. The number of carbonyl (C=O) groups excluding carboxylic acids is 1. The van der Waals surface area contributed by atoms with Gasteiger partial charge in [-0.3, -0.25) is 4.79 Å². The van der Waals surface area contributed by atoms with E-state index in [1.807, 2.05) is 6.92 Å². The van der Waals surface area contributed by atoms with Gasteiger partial charge in [-0.25, -0.2) is 8.42 Å². The molecule has 1 aliphatic rings. The molecule has 0 spiro atoms.